The lowest BCUT2D eigenvalue weighted by Gasteiger charge is -2.09. The van der Waals surface area contributed by atoms with Crippen molar-refractivity contribution in [2.75, 3.05) is 11.1 Å². The molecule has 2 amide bonds. The molecular weight excluding hydrogens is 521 g/mol. The highest BCUT2D eigenvalue weighted by Crippen LogP contribution is 2.21. The highest BCUT2D eigenvalue weighted by Gasteiger charge is 2.16. The Morgan fingerprint density at radius 2 is 2.06 bits per heavy atom. The number of nitrogens with zero attached hydrogens (tertiary/aromatic N) is 3. The van der Waals surface area contributed by atoms with Crippen LogP contribution >= 0.6 is 39.3 Å². The number of hydrogen-bond donors (Lipinski definition) is 2. The molecule has 7 nitrogen and oxygen atoms in total. The topological polar surface area (TPSA) is 88.9 Å². The van der Waals surface area contributed by atoms with Crippen LogP contribution in [-0.4, -0.2) is 32.3 Å². The maximum atomic E-state index is 13.9. The summed E-state index contributed by atoms with van der Waals surface area (Å²) in [6, 6.07) is 11.0. The van der Waals surface area contributed by atoms with Crippen molar-refractivity contribution in [3.8, 4) is 0 Å². The Kier molecular flexibility index (Phi) is 8.43. The summed E-state index contributed by atoms with van der Waals surface area (Å²) in [5.74, 6) is -0.724. The number of thioether (sulfide) groups is 1. The Morgan fingerprint density at radius 3 is 2.78 bits per heavy atom. The lowest BCUT2D eigenvalue weighted by Crippen LogP contribution is -2.24. The van der Waals surface area contributed by atoms with Gasteiger partial charge in [-0.15, -0.1) is 16.8 Å². The fraction of sp³-hybridized carbons (Fsp3) is 0.143. The Hall–Kier alpha value is -2.69. The number of rotatable bonds is 9. The molecule has 0 aliphatic carbocycles. The number of amides is 2. The van der Waals surface area contributed by atoms with Crippen molar-refractivity contribution < 1.29 is 14.0 Å². The molecule has 2 aromatic carbocycles. The zero-order valence-electron chi connectivity index (χ0n) is 16.6. The first kappa shape index (κ1) is 24.0. The molecule has 166 valence electrons. The van der Waals surface area contributed by atoms with Crippen molar-refractivity contribution in [1.82, 2.24) is 20.1 Å². The Bertz CT molecular complexity index is 1160. The van der Waals surface area contributed by atoms with Crippen LogP contribution < -0.4 is 10.6 Å². The molecule has 32 heavy (non-hydrogen) atoms. The van der Waals surface area contributed by atoms with Gasteiger partial charge in [-0.1, -0.05) is 51.4 Å². The van der Waals surface area contributed by atoms with Gasteiger partial charge in [0.1, 0.15) is 5.82 Å². The van der Waals surface area contributed by atoms with E-state index >= 15 is 0 Å². The van der Waals surface area contributed by atoms with Gasteiger partial charge < -0.3 is 15.2 Å². The first-order chi connectivity index (χ1) is 15.4. The monoisotopic (exact) mass is 537 g/mol. The van der Waals surface area contributed by atoms with Crippen LogP contribution in [0.3, 0.4) is 0 Å². The molecule has 1 aromatic heterocycles. The van der Waals surface area contributed by atoms with Crippen LogP contribution in [0, 0.1) is 5.82 Å². The number of carbonyl (C=O) groups is 2. The van der Waals surface area contributed by atoms with Gasteiger partial charge in [-0.3, -0.25) is 9.59 Å². The van der Waals surface area contributed by atoms with Gasteiger partial charge in [0.2, 0.25) is 5.91 Å². The average molecular weight is 539 g/mol. The molecule has 0 bridgehead atoms. The number of anilines is 1. The van der Waals surface area contributed by atoms with E-state index in [1.807, 2.05) is 0 Å². The Balaban J connectivity index is 1.61. The molecule has 0 radical (unpaired) electrons. The normalized spacial score (nSPS) is 10.6. The lowest BCUT2D eigenvalue weighted by atomic mass is 10.2. The summed E-state index contributed by atoms with van der Waals surface area (Å²) in [5.41, 5.74) is 0.523. The molecule has 0 aliphatic heterocycles. The zero-order chi connectivity index (χ0) is 23.1. The summed E-state index contributed by atoms with van der Waals surface area (Å²) in [6.07, 6.45) is 1.66. The molecule has 0 unspecified atom stereocenters. The van der Waals surface area contributed by atoms with Crippen LogP contribution in [0.1, 0.15) is 16.2 Å². The second-order valence-electron chi connectivity index (χ2n) is 6.45. The first-order valence-electron chi connectivity index (χ1n) is 9.32. The van der Waals surface area contributed by atoms with Gasteiger partial charge in [-0.2, -0.15) is 0 Å². The second kappa shape index (κ2) is 11.3. The van der Waals surface area contributed by atoms with E-state index in [1.54, 1.807) is 41.0 Å². The van der Waals surface area contributed by atoms with Crippen molar-refractivity contribution >= 4 is 56.8 Å². The molecule has 0 fully saturated rings. The van der Waals surface area contributed by atoms with Crippen molar-refractivity contribution in [3.63, 3.8) is 0 Å². The highest BCUT2D eigenvalue weighted by molar-refractivity contribution is 9.10. The smallest absolute Gasteiger partial charge is 0.251 e. The second-order valence-corrected chi connectivity index (χ2v) is 8.75. The van der Waals surface area contributed by atoms with Crippen LogP contribution in [-0.2, 0) is 17.9 Å². The third-order valence-corrected chi connectivity index (χ3v) is 5.83. The van der Waals surface area contributed by atoms with Gasteiger partial charge in [-0.05, 0) is 36.4 Å². The van der Waals surface area contributed by atoms with E-state index in [0.29, 0.717) is 32.6 Å². The van der Waals surface area contributed by atoms with E-state index in [-0.39, 0.29) is 29.8 Å². The number of hydrogen-bond acceptors (Lipinski definition) is 5. The maximum Gasteiger partial charge on any atom is 0.251 e. The molecule has 0 saturated heterocycles. The summed E-state index contributed by atoms with van der Waals surface area (Å²) >= 11 is 10.2. The van der Waals surface area contributed by atoms with Gasteiger partial charge in [0.25, 0.3) is 5.91 Å². The Morgan fingerprint density at radius 1 is 1.25 bits per heavy atom. The van der Waals surface area contributed by atoms with Gasteiger partial charge in [0.05, 0.1) is 18.0 Å². The van der Waals surface area contributed by atoms with Crippen molar-refractivity contribution in [2.24, 2.45) is 0 Å². The third-order valence-electron chi connectivity index (χ3n) is 4.14. The SMILES string of the molecule is C=CCn1c(CNC(=O)c2cccc(Cl)c2)nnc1SCC(=O)Nc1ccc(Br)cc1F. The summed E-state index contributed by atoms with van der Waals surface area (Å²) in [4.78, 5) is 24.6. The fourth-order valence-electron chi connectivity index (χ4n) is 2.67. The molecule has 3 rings (SSSR count). The molecule has 0 aliphatic rings. The van der Waals surface area contributed by atoms with Gasteiger partial charge in [0, 0.05) is 21.6 Å². The Labute approximate surface area is 201 Å². The van der Waals surface area contributed by atoms with E-state index < -0.39 is 5.82 Å². The molecule has 2 N–H and O–H groups in total. The summed E-state index contributed by atoms with van der Waals surface area (Å²) < 4.78 is 16.2. The third kappa shape index (κ3) is 6.41. The van der Waals surface area contributed by atoms with E-state index in [9.17, 15) is 14.0 Å². The minimum Gasteiger partial charge on any atom is -0.345 e. The van der Waals surface area contributed by atoms with Crippen LogP contribution in [0.4, 0.5) is 10.1 Å². The van der Waals surface area contributed by atoms with Gasteiger partial charge in [-0.25, -0.2) is 4.39 Å². The maximum absolute atomic E-state index is 13.9. The predicted octanol–water partition coefficient (Wildman–Crippen LogP) is 4.68. The molecule has 0 spiro atoms. The molecule has 0 atom stereocenters. The number of benzene rings is 2. The number of nitrogens with one attached hydrogen (secondary N) is 2. The van der Waals surface area contributed by atoms with Crippen LogP contribution in [0.25, 0.3) is 0 Å². The summed E-state index contributed by atoms with van der Waals surface area (Å²) in [5, 5.41) is 14.5. The highest BCUT2D eigenvalue weighted by atomic mass is 79.9. The van der Waals surface area contributed by atoms with E-state index in [4.69, 9.17) is 11.6 Å². The minimum absolute atomic E-state index is 0.000344. The largest absolute Gasteiger partial charge is 0.345 e. The van der Waals surface area contributed by atoms with Gasteiger partial charge in [0.15, 0.2) is 11.0 Å². The summed E-state index contributed by atoms with van der Waals surface area (Å²) in [6.45, 7) is 4.24. The van der Waals surface area contributed by atoms with E-state index in [0.717, 1.165) is 11.8 Å². The number of allylic oxidation sites excluding steroid dienone is 1. The van der Waals surface area contributed by atoms with Crippen LogP contribution in [0.15, 0.2) is 64.7 Å². The van der Waals surface area contributed by atoms with Crippen molar-refractivity contribution in [3.05, 3.63) is 81.8 Å². The van der Waals surface area contributed by atoms with Crippen molar-refractivity contribution in [2.45, 2.75) is 18.2 Å². The predicted molar refractivity (Wildman–Crippen MR) is 126 cm³/mol. The zero-order valence-corrected chi connectivity index (χ0v) is 19.8. The van der Waals surface area contributed by atoms with Crippen LogP contribution in [0.2, 0.25) is 5.02 Å². The number of carbonyl (C=O) groups excluding carboxylic acids is 2. The van der Waals surface area contributed by atoms with Crippen molar-refractivity contribution in [1.29, 1.82) is 0 Å². The minimum atomic E-state index is -0.537. The lowest BCUT2D eigenvalue weighted by molar-refractivity contribution is -0.113. The fourth-order valence-corrected chi connectivity index (χ4v) is 3.96. The van der Waals surface area contributed by atoms with Gasteiger partial charge >= 0.3 is 0 Å². The molecule has 3 aromatic rings. The van der Waals surface area contributed by atoms with E-state index in [1.165, 1.54) is 12.1 Å². The molecule has 1 heterocycles. The first-order valence-corrected chi connectivity index (χ1v) is 11.5. The summed E-state index contributed by atoms with van der Waals surface area (Å²) in [7, 11) is 0. The van der Waals surface area contributed by atoms with E-state index in [2.05, 4.69) is 43.3 Å². The molecule has 0 saturated carbocycles. The van der Waals surface area contributed by atoms with Crippen LogP contribution in [0.5, 0.6) is 0 Å². The number of halogens is 3. The molecule has 11 heteroatoms. The quantitative estimate of drug-likeness (QED) is 0.305. The average Bonchev–Trinajstić information content (AvgIpc) is 3.14. The standard InChI is InChI=1S/C21H18BrClFN5O2S/c1-2-8-29-18(11-25-20(31)13-4-3-5-15(23)9-13)27-28-21(29)32-12-19(30)26-17-7-6-14(22)10-16(17)24/h2-7,9-10H,1,8,11-12H2,(H,25,31)(H,26,30). The number of aromatic nitrogens is 3. The molecular formula is C21H18BrClFN5O2S.